The maximum atomic E-state index is 11.1. The van der Waals surface area contributed by atoms with Crippen LogP contribution in [0.3, 0.4) is 0 Å². The predicted octanol–water partition coefficient (Wildman–Crippen LogP) is 2.76. The van der Waals surface area contributed by atoms with E-state index in [-0.39, 0.29) is 11.8 Å². The highest BCUT2D eigenvalue weighted by molar-refractivity contribution is 5.70. The molecule has 1 saturated carbocycles. The lowest BCUT2D eigenvalue weighted by Gasteiger charge is -2.41. The van der Waals surface area contributed by atoms with Crippen molar-refractivity contribution in [1.29, 1.82) is 0 Å². The third-order valence-corrected chi connectivity index (χ3v) is 4.28. The molecule has 100 valence electrons. The minimum Gasteiger partial charge on any atom is -0.481 e. The van der Waals surface area contributed by atoms with Gasteiger partial charge in [-0.25, -0.2) is 0 Å². The summed E-state index contributed by atoms with van der Waals surface area (Å²) in [4.78, 5) is 11.1. The summed E-state index contributed by atoms with van der Waals surface area (Å²) >= 11 is 0. The second-order valence-electron chi connectivity index (χ2n) is 6.44. The molecule has 0 amide bonds. The minimum atomic E-state index is -0.686. The molecular formula is C14H27NO2. The Kier molecular flexibility index (Phi) is 4.99. The molecule has 1 aliphatic carbocycles. The molecule has 0 radical (unpaired) electrons. The van der Waals surface area contributed by atoms with Crippen LogP contribution in [-0.4, -0.2) is 24.2 Å². The second-order valence-corrected chi connectivity index (χ2v) is 6.44. The lowest BCUT2D eigenvalue weighted by molar-refractivity contribution is -0.143. The third-order valence-electron chi connectivity index (χ3n) is 4.28. The van der Waals surface area contributed by atoms with E-state index >= 15 is 0 Å². The fraction of sp³-hybridized carbons (Fsp3) is 0.929. The lowest BCUT2D eigenvalue weighted by atomic mass is 9.67. The Morgan fingerprint density at radius 1 is 1.41 bits per heavy atom. The largest absolute Gasteiger partial charge is 0.481 e. The SMILES string of the molecule is CC(C)C(CNCC(C)(C)C1CCC1)C(=O)O. The van der Waals surface area contributed by atoms with Gasteiger partial charge in [0.25, 0.3) is 0 Å². The zero-order chi connectivity index (χ0) is 13.1. The molecular weight excluding hydrogens is 214 g/mol. The molecule has 1 unspecified atom stereocenters. The Bertz CT molecular complexity index is 257. The van der Waals surface area contributed by atoms with E-state index in [1.54, 1.807) is 0 Å². The molecule has 0 aromatic rings. The van der Waals surface area contributed by atoms with Crippen LogP contribution in [0, 0.1) is 23.2 Å². The Labute approximate surface area is 105 Å². The van der Waals surface area contributed by atoms with Crippen molar-refractivity contribution in [2.45, 2.75) is 47.0 Å². The normalized spacial score (nSPS) is 19.1. The Balaban J connectivity index is 2.32. The number of hydrogen-bond acceptors (Lipinski definition) is 2. The molecule has 0 heterocycles. The van der Waals surface area contributed by atoms with Crippen molar-refractivity contribution in [2.24, 2.45) is 23.2 Å². The fourth-order valence-electron chi connectivity index (χ4n) is 2.49. The molecule has 17 heavy (non-hydrogen) atoms. The van der Waals surface area contributed by atoms with Crippen molar-refractivity contribution in [1.82, 2.24) is 5.32 Å². The maximum absolute atomic E-state index is 11.1. The topological polar surface area (TPSA) is 49.3 Å². The smallest absolute Gasteiger partial charge is 0.308 e. The standard InChI is InChI=1S/C14H27NO2/c1-10(2)12(13(16)17)8-15-9-14(3,4)11-6-5-7-11/h10-12,15H,5-9H2,1-4H3,(H,16,17). The van der Waals surface area contributed by atoms with Crippen molar-refractivity contribution >= 4 is 5.97 Å². The molecule has 2 N–H and O–H groups in total. The first-order valence-electron chi connectivity index (χ1n) is 6.78. The highest BCUT2D eigenvalue weighted by Crippen LogP contribution is 2.41. The van der Waals surface area contributed by atoms with Gasteiger partial charge in [0.05, 0.1) is 5.92 Å². The number of aliphatic carboxylic acids is 1. The van der Waals surface area contributed by atoms with Crippen LogP contribution >= 0.6 is 0 Å². The van der Waals surface area contributed by atoms with Crippen molar-refractivity contribution < 1.29 is 9.90 Å². The molecule has 3 heteroatoms. The van der Waals surface area contributed by atoms with Crippen LogP contribution in [0.15, 0.2) is 0 Å². The van der Waals surface area contributed by atoms with Gasteiger partial charge in [-0.2, -0.15) is 0 Å². The van der Waals surface area contributed by atoms with Crippen LogP contribution in [0.1, 0.15) is 47.0 Å². The summed E-state index contributed by atoms with van der Waals surface area (Å²) in [6.45, 7) is 10.0. The molecule has 1 rings (SSSR count). The summed E-state index contributed by atoms with van der Waals surface area (Å²) in [5.74, 6) is 0.0466. The van der Waals surface area contributed by atoms with E-state index in [1.807, 2.05) is 13.8 Å². The summed E-state index contributed by atoms with van der Waals surface area (Å²) in [7, 11) is 0. The van der Waals surface area contributed by atoms with Gasteiger partial charge < -0.3 is 10.4 Å². The first-order valence-corrected chi connectivity index (χ1v) is 6.78. The summed E-state index contributed by atoms with van der Waals surface area (Å²) in [5, 5.41) is 12.5. The molecule has 1 atom stereocenters. The monoisotopic (exact) mass is 241 g/mol. The highest BCUT2D eigenvalue weighted by atomic mass is 16.4. The molecule has 1 aliphatic rings. The van der Waals surface area contributed by atoms with E-state index in [1.165, 1.54) is 19.3 Å². The highest BCUT2D eigenvalue weighted by Gasteiger charge is 2.33. The number of hydrogen-bond donors (Lipinski definition) is 2. The number of carboxylic acid groups (broad SMARTS) is 1. The van der Waals surface area contributed by atoms with Crippen LogP contribution < -0.4 is 5.32 Å². The van der Waals surface area contributed by atoms with Gasteiger partial charge in [0.1, 0.15) is 0 Å². The quantitative estimate of drug-likeness (QED) is 0.720. The van der Waals surface area contributed by atoms with E-state index in [0.717, 1.165) is 12.5 Å². The van der Waals surface area contributed by atoms with Crippen LogP contribution in [-0.2, 0) is 4.79 Å². The van der Waals surface area contributed by atoms with Crippen LogP contribution in [0.25, 0.3) is 0 Å². The first kappa shape index (κ1) is 14.5. The van der Waals surface area contributed by atoms with Gasteiger partial charge in [-0.1, -0.05) is 34.1 Å². The van der Waals surface area contributed by atoms with Crippen LogP contribution in [0.4, 0.5) is 0 Å². The zero-order valence-electron chi connectivity index (χ0n) is 11.6. The van der Waals surface area contributed by atoms with E-state index in [2.05, 4.69) is 19.2 Å². The molecule has 0 aliphatic heterocycles. The average molecular weight is 241 g/mol. The minimum absolute atomic E-state index is 0.187. The Morgan fingerprint density at radius 3 is 2.35 bits per heavy atom. The van der Waals surface area contributed by atoms with E-state index < -0.39 is 5.97 Å². The van der Waals surface area contributed by atoms with Crippen molar-refractivity contribution in [2.75, 3.05) is 13.1 Å². The van der Waals surface area contributed by atoms with Gasteiger partial charge in [-0.15, -0.1) is 0 Å². The van der Waals surface area contributed by atoms with Crippen LogP contribution in [0.2, 0.25) is 0 Å². The maximum Gasteiger partial charge on any atom is 0.308 e. The average Bonchev–Trinajstić information content (AvgIpc) is 2.06. The third kappa shape index (κ3) is 3.98. The van der Waals surface area contributed by atoms with Crippen molar-refractivity contribution in [3.05, 3.63) is 0 Å². The number of carbonyl (C=O) groups is 1. The zero-order valence-corrected chi connectivity index (χ0v) is 11.6. The van der Waals surface area contributed by atoms with Crippen molar-refractivity contribution in [3.63, 3.8) is 0 Å². The molecule has 3 nitrogen and oxygen atoms in total. The summed E-state index contributed by atoms with van der Waals surface area (Å²) in [6, 6.07) is 0. The van der Waals surface area contributed by atoms with Gasteiger partial charge in [0.15, 0.2) is 0 Å². The molecule has 1 fully saturated rings. The molecule has 0 saturated heterocycles. The van der Waals surface area contributed by atoms with Crippen molar-refractivity contribution in [3.8, 4) is 0 Å². The summed E-state index contributed by atoms with van der Waals surface area (Å²) in [5.41, 5.74) is 0.304. The number of nitrogens with one attached hydrogen (secondary N) is 1. The molecule has 0 aromatic carbocycles. The van der Waals surface area contributed by atoms with E-state index in [4.69, 9.17) is 5.11 Å². The molecule has 0 spiro atoms. The summed E-state index contributed by atoms with van der Waals surface area (Å²) in [6.07, 6.45) is 4.03. The van der Waals surface area contributed by atoms with Gasteiger partial charge >= 0.3 is 5.97 Å². The van der Waals surface area contributed by atoms with E-state index in [9.17, 15) is 4.79 Å². The number of carboxylic acids is 1. The Hall–Kier alpha value is -0.570. The van der Waals surface area contributed by atoms with Gasteiger partial charge in [0.2, 0.25) is 0 Å². The van der Waals surface area contributed by atoms with Gasteiger partial charge in [0, 0.05) is 13.1 Å². The fourth-order valence-corrected chi connectivity index (χ4v) is 2.49. The number of rotatable bonds is 7. The van der Waals surface area contributed by atoms with Crippen LogP contribution in [0.5, 0.6) is 0 Å². The Morgan fingerprint density at radius 2 is 2.00 bits per heavy atom. The summed E-state index contributed by atoms with van der Waals surface area (Å²) < 4.78 is 0. The first-order chi connectivity index (χ1) is 7.84. The van der Waals surface area contributed by atoms with Gasteiger partial charge in [-0.05, 0) is 30.1 Å². The van der Waals surface area contributed by atoms with E-state index in [0.29, 0.717) is 12.0 Å². The lowest BCUT2D eigenvalue weighted by Crippen LogP contribution is -2.42. The van der Waals surface area contributed by atoms with Gasteiger partial charge in [-0.3, -0.25) is 4.79 Å². The molecule has 0 bridgehead atoms. The predicted molar refractivity (Wildman–Crippen MR) is 70.0 cm³/mol. The molecule has 0 aromatic heterocycles. The second kappa shape index (κ2) is 5.85.